The highest BCUT2D eigenvalue weighted by atomic mass is 35.5. The largest absolute Gasteiger partial charge is 0.478 e. The molecule has 0 aliphatic heterocycles. The van der Waals surface area contributed by atoms with Crippen LogP contribution in [-0.4, -0.2) is 34.1 Å². The highest BCUT2D eigenvalue weighted by Gasteiger charge is 2.10. The predicted octanol–water partition coefficient (Wildman–Crippen LogP) is 4.10. The molecule has 0 saturated heterocycles. The second-order valence-corrected chi connectivity index (χ2v) is 5.99. The molecule has 0 unspecified atom stereocenters. The number of ether oxygens (including phenoxy) is 1. The van der Waals surface area contributed by atoms with Gasteiger partial charge < -0.3 is 20.5 Å². The van der Waals surface area contributed by atoms with Gasteiger partial charge in [-0.05, 0) is 48.5 Å². The van der Waals surface area contributed by atoms with Crippen molar-refractivity contribution in [3.63, 3.8) is 0 Å². The van der Waals surface area contributed by atoms with Crippen LogP contribution in [0, 0.1) is 0 Å². The van der Waals surface area contributed by atoms with Crippen molar-refractivity contribution in [1.29, 1.82) is 0 Å². The number of carbonyl (C=O) groups excluding carboxylic acids is 1. The first kappa shape index (κ1) is 19.1. The lowest BCUT2D eigenvalue weighted by Crippen LogP contribution is -2.04. The summed E-state index contributed by atoms with van der Waals surface area (Å²) in [5.74, 6) is -0.733. The zero-order chi connectivity index (χ0) is 20.1. The van der Waals surface area contributed by atoms with E-state index >= 15 is 0 Å². The standard InChI is InChI=1S/C19H15ClN4O4/c1-28-18(27)12-4-7-14(20)15(10-12)23-19-21-9-8-16(24-19)22-13-5-2-11(3-6-13)17(25)26/h2-10H,1H3,(H,25,26)(H2,21,22,23,24). The number of benzene rings is 2. The number of esters is 1. The molecule has 0 fully saturated rings. The van der Waals surface area contributed by atoms with Crippen LogP contribution in [0.2, 0.25) is 5.02 Å². The van der Waals surface area contributed by atoms with Gasteiger partial charge in [0.25, 0.3) is 0 Å². The molecule has 0 amide bonds. The number of aromatic carboxylic acids is 1. The number of carboxylic acids is 1. The molecule has 3 aromatic rings. The van der Waals surface area contributed by atoms with E-state index in [1.54, 1.807) is 42.6 Å². The molecule has 0 atom stereocenters. The Kier molecular flexibility index (Phi) is 5.71. The zero-order valence-corrected chi connectivity index (χ0v) is 15.4. The van der Waals surface area contributed by atoms with Crippen LogP contribution in [0.1, 0.15) is 20.7 Å². The van der Waals surface area contributed by atoms with Crippen LogP contribution in [0.25, 0.3) is 0 Å². The van der Waals surface area contributed by atoms with Gasteiger partial charge in [0, 0.05) is 11.9 Å². The minimum absolute atomic E-state index is 0.190. The fourth-order valence-corrected chi connectivity index (χ4v) is 2.48. The van der Waals surface area contributed by atoms with Crippen LogP contribution in [0.15, 0.2) is 54.7 Å². The van der Waals surface area contributed by atoms with Gasteiger partial charge in [0.1, 0.15) is 5.82 Å². The Hall–Kier alpha value is -3.65. The van der Waals surface area contributed by atoms with Gasteiger partial charge in [0.05, 0.1) is 28.9 Å². The molecular formula is C19H15ClN4O4. The highest BCUT2D eigenvalue weighted by molar-refractivity contribution is 6.33. The van der Waals surface area contributed by atoms with Crippen molar-refractivity contribution in [3.05, 3.63) is 70.9 Å². The number of hydrogen-bond acceptors (Lipinski definition) is 7. The smallest absolute Gasteiger partial charge is 0.337 e. The summed E-state index contributed by atoms with van der Waals surface area (Å²) >= 11 is 6.17. The molecule has 142 valence electrons. The number of anilines is 4. The Morgan fingerprint density at radius 3 is 2.43 bits per heavy atom. The number of hydrogen-bond donors (Lipinski definition) is 3. The average Bonchev–Trinajstić information content (AvgIpc) is 2.70. The van der Waals surface area contributed by atoms with E-state index in [4.69, 9.17) is 21.4 Å². The third-order valence-electron chi connectivity index (χ3n) is 3.69. The number of nitrogens with zero attached hydrogens (tertiary/aromatic N) is 2. The van der Waals surface area contributed by atoms with Crippen molar-refractivity contribution >= 4 is 46.7 Å². The molecule has 28 heavy (non-hydrogen) atoms. The van der Waals surface area contributed by atoms with Gasteiger partial charge in [-0.15, -0.1) is 0 Å². The quantitative estimate of drug-likeness (QED) is 0.532. The first-order valence-electron chi connectivity index (χ1n) is 8.04. The monoisotopic (exact) mass is 398 g/mol. The number of nitrogens with one attached hydrogen (secondary N) is 2. The second kappa shape index (κ2) is 8.36. The molecule has 9 heteroatoms. The van der Waals surface area contributed by atoms with E-state index in [1.807, 2.05) is 0 Å². The minimum atomic E-state index is -0.994. The summed E-state index contributed by atoms with van der Waals surface area (Å²) in [7, 11) is 1.30. The fourth-order valence-electron chi connectivity index (χ4n) is 2.32. The summed E-state index contributed by atoms with van der Waals surface area (Å²) in [6, 6.07) is 12.6. The zero-order valence-electron chi connectivity index (χ0n) is 14.6. The number of halogens is 1. The highest BCUT2D eigenvalue weighted by Crippen LogP contribution is 2.26. The average molecular weight is 399 g/mol. The van der Waals surface area contributed by atoms with E-state index in [0.29, 0.717) is 27.8 Å². The Bertz CT molecular complexity index is 1020. The summed E-state index contributed by atoms with van der Waals surface area (Å²) in [6.45, 7) is 0. The van der Waals surface area contributed by atoms with Crippen molar-refractivity contribution in [2.75, 3.05) is 17.7 Å². The van der Waals surface area contributed by atoms with Gasteiger partial charge in [0.15, 0.2) is 0 Å². The molecular weight excluding hydrogens is 384 g/mol. The van der Waals surface area contributed by atoms with Crippen LogP contribution in [-0.2, 0) is 4.74 Å². The fraction of sp³-hybridized carbons (Fsp3) is 0.0526. The maximum absolute atomic E-state index is 11.7. The summed E-state index contributed by atoms with van der Waals surface area (Å²) in [5, 5.41) is 15.4. The number of methoxy groups -OCH3 is 1. The van der Waals surface area contributed by atoms with Gasteiger partial charge in [-0.1, -0.05) is 11.6 Å². The Morgan fingerprint density at radius 1 is 1.04 bits per heavy atom. The number of carbonyl (C=O) groups is 2. The lowest BCUT2D eigenvalue weighted by molar-refractivity contribution is 0.0600. The molecule has 0 aliphatic carbocycles. The topological polar surface area (TPSA) is 113 Å². The van der Waals surface area contributed by atoms with E-state index in [1.165, 1.54) is 19.2 Å². The molecule has 0 radical (unpaired) electrons. The van der Waals surface area contributed by atoms with E-state index in [0.717, 1.165) is 0 Å². The van der Waals surface area contributed by atoms with Gasteiger partial charge in [-0.25, -0.2) is 14.6 Å². The SMILES string of the molecule is COC(=O)c1ccc(Cl)c(Nc2nccc(Nc3ccc(C(=O)O)cc3)n2)c1. The summed E-state index contributed by atoms with van der Waals surface area (Å²) in [4.78, 5) is 31.1. The lowest BCUT2D eigenvalue weighted by Gasteiger charge is -2.10. The van der Waals surface area contributed by atoms with Crippen LogP contribution in [0.3, 0.4) is 0 Å². The molecule has 1 aromatic heterocycles. The van der Waals surface area contributed by atoms with Crippen molar-refractivity contribution in [2.45, 2.75) is 0 Å². The maximum atomic E-state index is 11.7. The van der Waals surface area contributed by atoms with Crippen LogP contribution in [0.5, 0.6) is 0 Å². The molecule has 0 spiro atoms. The maximum Gasteiger partial charge on any atom is 0.337 e. The van der Waals surface area contributed by atoms with Crippen molar-refractivity contribution in [1.82, 2.24) is 9.97 Å². The predicted molar refractivity (Wildman–Crippen MR) is 105 cm³/mol. The third kappa shape index (κ3) is 4.54. The van der Waals surface area contributed by atoms with E-state index in [2.05, 4.69) is 20.6 Å². The molecule has 8 nitrogen and oxygen atoms in total. The second-order valence-electron chi connectivity index (χ2n) is 5.58. The third-order valence-corrected chi connectivity index (χ3v) is 4.02. The number of aromatic nitrogens is 2. The van der Waals surface area contributed by atoms with Gasteiger partial charge in [-0.2, -0.15) is 4.98 Å². The van der Waals surface area contributed by atoms with Crippen molar-refractivity contribution in [3.8, 4) is 0 Å². The molecule has 3 rings (SSSR count). The van der Waals surface area contributed by atoms with E-state index < -0.39 is 11.9 Å². The first-order chi connectivity index (χ1) is 13.5. The Balaban J connectivity index is 1.78. The number of carboxylic acid groups (broad SMARTS) is 1. The molecule has 0 aliphatic rings. The first-order valence-corrected chi connectivity index (χ1v) is 8.42. The van der Waals surface area contributed by atoms with Gasteiger partial charge in [-0.3, -0.25) is 0 Å². The van der Waals surface area contributed by atoms with Crippen LogP contribution >= 0.6 is 11.6 Å². The Labute approximate surface area is 165 Å². The molecule has 0 bridgehead atoms. The van der Waals surface area contributed by atoms with Gasteiger partial charge in [0.2, 0.25) is 5.95 Å². The summed E-state index contributed by atoms with van der Waals surface area (Å²) < 4.78 is 4.70. The summed E-state index contributed by atoms with van der Waals surface area (Å²) in [6.07, 6.45) is 1.54. The lowest BCUT2D eigenvalue weighted by atomic mass is 10.2. The Morgan fingerprint density at radius 2 is 1.75 bits per heavy atom. The summed E-state index contributed by atoms with van der Waals surface area (Å²) in [5.41, 5.74) is 1.64. The van der Waals surface area contributed by atoms with Crippen LogP contribution in [0.4, 0.5) is 23.1 Å². The van der Waals surface area contributed by atoms with Crippen LogP contribution < -0.4 is 10.6 Å². The molecule has 2 aromatic carbocycles. The normalized spacial score (nSPS) is 10.2. The molecule has 3 N–H and O–H groups in total. The van der Waals surface area contributed by atoms with Crippen molar-refractivity contribution < 1.29 is 19.4 Å². The van der Waals surface area contributed by atoms with E-state index in [-0.39, 0.29) is 11.5 Å². The van der Waals surface area contributed by atoms with E-state index in [9.17, 15) is 9.59 Å². The van der Waals surface area contributed by atoms with Gasteiger partial charge >= 0.3 is 11.9 Å². The molecule has 0 saturated carbocycles. The molecule has 1 heterocycles. The van der Waals surface area contributed by atoms with Crippen molar-refractivity contribution in [2.24, 2.45) is 0 Å². The number of rotatable bonds is 6. The minimum Gasteiger partial charge on any atom is -0.478 e.